The first-order chi connectivity index (χ1) is 14.4. The van der Waals surface area contributed by atoms with Crippen molar-refractivity contribution in [2.24, 2.45) is 0 Å². The molecule has 31 heavy (non-hydrogen) atoms. The van der Waals surface area contributed by atoms with Crippen molar-refractivity contribution in [1.82, 2.24) is 9.88 Å². The molecule has 4 nitrogen and oxygen atoms in total. The second-order valence-corrected chi connectivity index (χ2v) is 9.08. The van der Waals surface area contributed by atoms with Crippen molar-refractivity contribution in [2.75, 3.05) is 32.1 Å². The number of hydrogen-bond donors (Lipinski definition) is 0. The van der Waals surface area contributed by atoms with Crippen LogP contribution < -0.4 is 4.90 Å². The van der Waals surface area contributed by atoms with Gasteiger partial charge < -0.3 is 4.90 Å². The van der Waals surface area contributed by atoms with Crippen molar-refractivity contribution in [3.05, 3.63) is 71.3 Å². The lowest BCUT2D eigenvalue weighted by Gasteiger charge is -2.21. The van der Waals surface area contributed by atoms with Crippen LogP contribution in [0.3, 0.4) is 0 Å². The molecule has 4 rings (SSSR count). The van der Waals surface area contributed by atoms with Crippen LogP contribution in [0.15, 0.2) is 54.6 Å². The fraction of sp³-hybridized carbons (Fsp3) is 0.280. The van der Waals surface area contributed by atoms with Gasteiger partial charge in [0.2, 0.25) is 0 Å². The molecule has 0 spiro atoms. The minimum atomic E-state index is 0. The summed E-state index contributed by atoms with van der Waals surface area (Å²) in [7, 11) is 4.11. The molecule has 0 aliphatic rings. The van der Waals surface area contributed by atoms with Gasteiger partial charge in [-0.15, -0.1) is 12.4 Å². The monoisotopic (exact) mass is 453 g/mol. The molecule has 0 saturated carbocycles. The average Bonchev–Trinajstić information content (AvgIpc) is 3.14. The zero-order valence-electron chi connectivity index (χ0n) is 18.4. The van der Waals surface area contributed by atoms with Crippen LogP contribution in [-0.4, -0.2) is 43.0 Å². The number of anilines is 1. The van der Waals surface area contributed by atoms with Gasteiger partial charge in [-0.3, -0.25) is 9.69 Å². The molecule has 0 N–H and O–H groups in total. The predicted octanol–water partition coefficient (Wildman–Crippen LogP) is 6.09. The number of aromatic nitrogens is 1. The highest BCUT2D eigenvalue weighted by atomic mass is 35.5. The maximum Gasteiger partial charge on any atom is 0.260 e. The van der Waals surface area contributed by atoms with E-state index in [2.05, 4.69) is 51.0 Å². The van der Waals surface area contributed by atoms with Gasteiger partial charge in [-0.25, -0.2) is 4.98 Å². The Bertz CT molecular complexity index is 1220. The van der Waals surface area contributed by atoms with E-state index in [1.807, 2.05) is 41.3 Å². The highest BCUT2D eigenvalue weighted by molar-refractivity contribution is 7.22. The third-order valence-electron chi connectivity index (χ3n) is 5.27. The van der Waals surface area contributed by atoms with E-state index in [-0.39, 0.29) is 18.3 Å². The lowest BCUT2D eigenvalue weighted by atomic mass is 10.1. The summed E-state index contributed by atoms with van der Waals surface area (Å²) < 4.78 is 1.15. The maximum atomic E-state index is 13.6. The molecule has 6 heteroatoms. The Morgan fingerprint density at radius 3 is 2.45 bits per heavy atom. The second kappa shape index (κ2) is 9.77. The van der Waals surface area contributed by atoms with Crippen molar-refractivity contribution < 1.29 is 4.79 Å². The third kappa shape index (κ3) is 5.06. The predicted molar refractivity (Wildman–Crippen MR) is 135 cm³/mol. The van der Waals surface area contributed by atoms with Crippen LogP contribution in [0.1, 0.15) is 27.9 Å². The molecule has 0 saturated heterocycles. The highest BCUT2D eigenvalue weighted by Crippen LogP contribution is 2.33. The number of nitrogens with zero attached hydrogens (tertiary/aromatic N) is 3. The quantitative estimate of drug-likeness (QED) is 0.354. The first-order valence-corrected chi connectivity index (χ1v) is 11.1. The van der Waals surface area contributed by atoms with Gasteiger partial charge >= 0.3 is 0 Å². The van der Waals surface area contributed by atoms with Gasteiger partial charge in [-0.2, -0.15) is 0 Å². The fourth-order valence-corrected chi connectivity index (χ4v) is 4.83. The van der Waals surface area contributed by atoms with Crippen LogP contribution in [-0.2, 0) is 0 Å². The summed E-state index contributed by atoms with van der Waals surface area (Å²) in [5, 5.41) is 2.99. The molecule has 0 bridgehead atoms. The number of amides is 1. The molecule has 4 aromatic rings. The molecule has 1 amide bonds. The van der Waals surface area contributed by atoms with E-state index < -0.39 is 0 Å². The van der Waals surface area contributed by atoms with Gasteiger partial charge in [0, 0.05) is 12.1 Å². The van der Waals surface area contributed by atoms with Crippen LogP contribution in [0.4, 0.5) is 5.13 Å². The number of fused-ring (bicyclic) bond motifs is 2. The molecule has 0 aliphatic carbocycles. The molecule has 0 radical (unpaired) electrons. The van der Waals surface area contributed by atoms with Gasteiger partial charge in [-0.05, 0) is 81.0 Å². The van der Waals surface area contributed by atoms with Gasteiger partial charge in [0.05, 0.1) is 10.2 Å². The van der Waals surface area contributed by atoms with Crippen LogP contribution in [0, 0.1) is 13.8 Å². The number of benzene rings is 3. The van der Waals surface area contributed by atoms with E-state index in [4.69, 9.17) is 4.98 Å². The summed E-state index contributed by atoms with van der Waals surface area (Å²) in [4.78, 5) is 22.4. The largest absolute Gasteiger partial charge is 0.309 e. The SMILES string of the molecule is Cc1cc(C)c2sc(N(CCCN(C)C)C(=O)c3ccc4ccccc4c3)nc2c1.Cl. The molecule has 0 fully saturated rings. The lowest BCUT2D eigenvalue weighted by molar-refractivity contribution is 0.0986. The smallest absolute Gasteiger partial charge is 0.260 e. The number of thiazole rings is 1. The molecule has 1 aromatic heterocycles. The molecular formula is C25H28ClN3OS. The molecule has 3 aromatic carbocycles. The number of halogens is 1. The number of carbonyl (C=O) groups excluding carboxylic acids is 1. The van der Waals surface area contributed by atoms with Crippen molar-refractivity contribution in [2.45, 2.75) is 20.3 Å². The molecule has 0 atom stereocenters. The molecular weight excluding hydrogens is 426 g/mol. The number of carbonyl (C=O) groups is 1. The Morgan fingerprint density at radius 2 is 1.71 bits per heavy atom. The zero-order chi connectivity index (χ0) is 21.3. The first kappa shape index (κ1) is 23.2. The summed E-state index contributed by atoms with van der Waals surface area (Å²) in [6.07, 6.45) is 0.889. The zero-order valence-corrected chi connectivity index (χ0v) is 20.0. The fourth-order valence-electron chi connectivity index (χ4n) is 3.79. The summed E-state index contributed by atoms with van der Waals surface area (Å²) in [6, 6.07) is 18.3. The molecule has 162 valence electrons. The lowest BCUT2D eigenvalue weighted by Crippen LogP contribution is -2.33. The summed E-state index contributed by atoms with van der Waals surface area (Å²) >= 11 is 1.61. The first-order valence-electron chi connectivity index (χ1n) is 10.3. The molecule has 0 unspecified atom stereocenters. The normalized spacial score (nSPS) is 11.1. The van der Waals surface area contributed by atoms with Crippen LogP contribution in [0.2, 0.25) is 0 Å². The van der Waals surface area contributed by atoms with Gasteiger partial charge in [0.25, 0.3) is 5.91 Å². The van der Waals surface area contributed by atoms with Gasteiger partial charge in [0.15, 0.2) is 5.13 Å². The van der Waals surface area contributed by atoms with Gasteiger partial charge in [-0.1, -0.05) is 47.7 Å². The van der Waals surface area contributed by atoms with Crippen LogP contribution in [0.25, 0.3) is 21.0 Å². The van der Waals surface area contributed by atoms with Crippen LogP contribution in [0.5, 0.6) is 0 Å². The van der Waals surface area contributed by atoms with Gasteiger partial charge in [0.1, 0.15) is 0 Å². The second-order valence-electron chi connectivity index (χ2n) is 8.10. The van der Waals surface area contributed by atoms with Crippen molar-refractivity contribution in [3.63, 3.8) is 0 Å². The molecule has 1 heterocycles. The minimum Gasteiger partial charge on any atom is -0.309 e. The van der Waals surface area contributed by atoms with E-state index in [1.54, 1.807) is 11.3 Å². The standard InChI is InChI=1S/C25H27N3OS.ClH/c1-17-14-18(2)23-22(15-17)26-25(30-23)28(13-7-12-27(3)4)24(29)21-11-10-19-8-5-6-9-20(19)16-21;/h5-6,8-11,14-16H,7,12-13H2,1-4H3;1H. The third-order valence-corrected chi connectivity index (χ3v) is 6.50. The van der Waals surface area contributed by atoms with Crippen molar-refractivity contribution in [1.29, 1.82) is 0 Å². The van der Waals surface area contributed by atoms with E-state index >= 15 is 0 Å². The Hall–Kier alpha value is -2.47. The summed E-state index contributed by atoms with van der Waals surface area (Å²) in [5.41, 5.74) is 4.07. The Morgan fingerprint density at radius 1 is 0.968 bits per heavy atom. The minimum absolute atomic E-state index is 0. The number of hydrogen-bond acceptors (Lipinski definition) is 4. The molecule has 0 aliphatic heterocycles. The Balaban J connectivity index is 0.00000272. The Labute approximate surface area is 193 Å². The maximum absolute atomic E-state index is 13.6. The van der Waals surface area contributed by atoms with E-state index in [0.29, 0.717) is 12.1 Å². The number of rotatable bonds is 6. The van der Waals surface area contributed by atoms with Crippen molar-refractivity contribution in [3.8, 4) is 0 Å². The van der Waals surface area contributed by atoms with Crippen LogP contribution >= 0.6 is 23.7 Å². The highest BCUT2D eigenvalue weighted by Gasteiger charge is 2.22. The van der Waals surface area contributed by atoms with Crippen molar-refractivity contribution >= 4 is 55.8 Å². The summed E-state index contributed by atoms with van der Waals surface area (Å²) in [5.74, 6) is 0.00735. The van der Waals surface area contributed by atoms with E-state index in [0.717, 1.165) is 39.1 Å². The average molecular weight is 454 g/mol. The topological polar surface area (TPSA) is 36.4 Å². The number of aryl methyl sites for hydroxylation is 2. The van der Waals surface area contributed by atoms with E-state index in [9.17, 15) is 4.79 Å². The Kier molecular flexibility index (Phi) is 7.31. The summed E-state index contributed by atoms with van der Waals surface area (Å²) in [6.45, 7) is 5.76. The van der Waals surface area contributed by atoms with E-state index in [1.165, 1.54) is 11.1 Å².